The summed E-state index contributed by atoms with van der Waals surface area (Å²) < 4.78 is 11.8. The average Bonchev–Trinajstić information content (AvgIpc) is 3.68. The molecule has 5 aromatic rings. The van der Waals surface area contributed by atoms with Crippen LogP contribution in [0, 0.1) is 5.92 Å². The lowest BCUT2D eigenvalue weighted by molar-refractivity contribution is 0.0667. The molecule has 0 saturated heterocycles. The standard InChI is InChI=1S/C33H32N6O4/c1-2-3-4-12-21-34-30-23(20-19-22-13-6-5-7-14-22)33(38-39-37-30,28(40)31-35-24-15-8-10-17-26(24)42-31)29(41)32-36-25-16-9-11-18-27(25)43-32/h5-11,13-18,23H,2-4,12,19-21H2,1H3,(H,34,37,38). The number of hydrogen-bond donors (Lipinski definition) is 1. The minimum absolute atomic E-state index is 0.237. The number of nitrogens with zero attached hydrogens (tertiary/aromatic N) is 5. The number of benzene rings is 3. The number of para-hydroxylation sites is 4. The molecule has 2 aromatic heterocycles. The van der Waals surface area contributed by atoms with E-state index in [1.165, 1.54) is 0 Å². The number of aryl methyl sites for hydroxylation is 1. The SMILES string of the molecule is CCCCCCN=C1NN=NC(C(=O)c2nc3ccccc3o2)(C(=O)c2nc3ccccc3o2)C1CCc1ccccc1. The fourth-order valence-corrected chi connectivity index (χ4v) is 5.46. The van der Waals surface area contributed by atoms with Crippen molar-refractivity contribution in [1.29, 1.82) is 0 Å². The summed E-state index contributed by atoms with van der Waals surface area (Å²) in [4.78, 5) is 43.0. The van der Waals surface area contributed by atoms with Gasteiger partial charge in [-0.15, -0.1) is 5.11 Å². The van der Waals surface area contributed by atoms with E-state index in [9.17, 15) is 9.59 Å². The van der Waals surface area contributed by atoms with E-state index in [-0.39, 0.29) is 11.8 Å². The van der Waals surface area contributed by atoms with Crippen LogP contribution in [0.1, 0.15) is 66.0 Å². The maximum Gasteiger partial charge on any atom is 0.267 e. The number of aromatic nitrogens is 2. The largest absolute Gasteiger partial charge is 0.434 e. The number of aliphatic imine (C=N–C) groups is 1. The number of fused-ring (bicyclic) bond motifs is 2. The Bertz CT molecular complexity index is 1650. The number of ketones is 2. The molecule has 0 fully saturated rings. The van der Waals surface area contributed by atoms with Crippen molar-refractivity contribution in [2.45, 2.75) is 51.0 Å². The van der Waals surface area contributed by atoms with Crippen molar-refractivity contribution >= 4 is 39.6 Å². The summed E-state index contributed by atoms with van der Waals surface area (Å²) in [6.07, 6.45) is 5.02. The molecule has 0 saturated carbocycles. The molecule has 1 aliphatic rings. The van der Waals surface area contributed by atoms with Gasteiger partial charge in [0.05, 0.1) is 5.92 Å². The molecule has 0 radical (unpaired) electrons. The quantitative estimate of drug-likeness (QED) is 0.0962. The van der Waals surface area contributed by atoms with Gasteiger partial charge in [-0.25, -0.2) is 15.4 Å². The minimum Gasteiger partial charge on any atom is -0.434 e. The third kappa shape index (κ3) is 5.60. The van der Waals surface area contributed by atoms with Gasteiger partial charge in [-0.05, 0) is 49.1 Å². The van der Waals surface area contributed by atoms with Crippen molar-refractivity contribution in [3.8, 4) is 0 Å². The maximum atomic E-state index is 14.6. The molecule has 0 bridgehead atoms. The van der Waals surface area contributed by atoms with E-state index < -0.39 is 23.0 Å². The van der Waals surface area contributed by atoms with Crippen LogP contribution in [0.3, 0.4) is 0 Å². The number of hydrogen-bond acceptors (Lipinski definition) is 9. The molecule has 3 aromatic carbocycles. The molecular weight excluding hydrogens is 544 g/mol. The molecule has 0 amide bonds. The zero-order valence-electron chi connectivity index (χ0n) is 23.9. The minimum atomic E-state index is -2.11. The van der Waals surface area contributed by atoms with E-state index >= 15 is 0 Å². The fourth-order valence-electron chi connectivity index (χ4n) is 5.46. The van der Waals surface area contributed by atoms with Crippen LogP contribution in [0.25, 0.3) is 22.2 Å². The van der Waals surface area contributed by atoms with Gasteiger partial charge in [-0.2, -0.15) is 0 Å². The smallest absolute Gasteiger partial charge is 0.267 e. The predicted molar refractivity (Wildman–Crippen MR) is 162 cm³/mol. The highest BCUT2D eigenvalue weighted by Gasteiger charge is 2.59. The topological polar surface area (TPSA) is 135 Å². The first-order chi connectivity index (χ1) is 21.1. The lowest BCUT2D eigenvalue weighted by Gasteiger charge is -2.35. The maximum absolute atomic E-state index is 14.6. The van der Waals surface area contributed by atoms with Gasteiger partial charge in [0, 0.05) is 6.54 Å². The molecular formula is C33H32N6O4. The third-order valence-corrected chi connectivity index (χ3v) is 7.73. The second-order valence-electron chi connectivity index (χ2n) is 10.6. The van der Waals surface area contributed by atoms with E-state index in [1.807, 2.05) is 30.3 Å². The van der Waals surface area contributed by atoms with Crippen LogP contribution in [0.15, 0.2) is 103 Å². The number of carbonyl (C=O) groups excluding carboxylic acids is 2. The summed E-state index contributed by atoms with van der Waals surface area (Å²) in [6, 6.07) is 24.0. The van der Waals surface area contributed by atoms with E-state index in [0.717, 1.165) is 31.2 Å². The van der Waals surface area contributed by atoms with Crippen LogP contribution < -0.4 is 5.43 Å². The first kappa shape index (κ1) is 28.1. The Kier molecular flexibility index (Phi) is 8.17. The van der Waals surface area contributed by atoms with Gasteiger partial charge >= 0.3 is 0 Å². The summed E-state index contributed by atoms with van der Waals surface area (Å²) in [5, 5.41) is 8.49. The van der Waals surface area contributed by atoms with Crippen LogP contribution in [-0.2, 0) is 6.42 Å². The first-order valence-electron chi connectivity index (χ1n) is 14.7. The zero-order chi connectivity index (χ0) is 29.6. The molecule has 0 aliphatic carbocycles. The molecule has 10 nitrogen and oxygen atoms in total. The van der Waals surface area contributed by atoms with Crippen molar-refractivity contribution in [2.24, 2.45) is 21.2 Å². The average molecular weight is 577 g/mol. The van der Waals surface area contributed by atoms with Gasteiger partial charge in [0.1, 0.15) is 16.9 Å². The normalized spacial score (nSPS) is 17.0. The van der Waals surface area contributed by atoms with E-state index in [2.05, 4.69) is 32.7 Å². The Labute approximate surface area is 248 Å². The summed E-state index contributed by atoms with van der Waals surface area (Å²) in [6.45, 7) is 2.67. The monoisotopic (exact) mass is 576 g/mol. The van der Waals surface area contributed by atoms with Gasteiger partial charge < -0.3 is 8.83 Å². The second kappa shape index (κ2) is 12.5. The van der Waals surface area contributed by atoms with Gasteiger partial charge in [-0.1, -0.05) is 86.0 Å². The van der Waals surface area contributed by atoms with Crippen molar-refractivity contribution in [1.82, 2.24) is 15.4 Å². The molecule has 43 heavy (non-hydrogen) atoms. The van der Waals surface area contributed by atoms with Crippen molar-refractivity contribution < 1.29 is 18.4 Å². The number of rotatable bonds is 12. The van der Waals surface area contributed by atoms with Crippen LogP contribution in [0.5, 0.6) is 0 Å². The van der Waals surface area contributed by atoms with Crippen LogP contribution in [0.2, 0.25) is 0 Å². The highest BCUT2D eigenvalue weighted by atomic mass is 16.4. The van der Waals surface area contributed by atoms with Gasteiger partial charge in [-0.3, -0.25) is 14.6 Å². The first-order valence-corrected chi connectivity index (χ1v) is 14.7. The Balaban J connectivity index is 1.48. The van der Waals surface area contributed by atoms with Gasteiger partial charge in [0.2, 0.25) is 5.54 Å². The van der Waals surface area contributed by atoms with Crippen molar-refractivity contribution in [3.63, 3.8) is 0 Å². The molecule has 1 unspecified atom stereocenters. The summed E-state index contributed by atoms with van der Waals surface area (Å²) in [5.74, 6) is -2.33. The third-order valence-electron chi connectivity index (χ3n) is 7.73. The number of carbonyl (C=O) groups is 2. The molecule has 0 spiro atoms. The molecule has 1 aliphatic heterocycles. The molecule has 3 heterocycles. The lowest BCUT2D eigenvalue weighted by atomic mass is 9.73. The summed E-state index contributed by atoms with van der Waals surface area (Å²) in [5.41, 5.74) is 3.69. The lowest BCUT2D eigenvalue weighted by Crippen LogP contribution is -2.58. The molecule has 218 valence electrons. The number of nitrogens with one attached hydrogen (secondary N) is 1. The molecule has 6 rings (SSSR count). The number of unbranched alkanes of at least 4 members (excludes halogenated alkanes) is 3. The molecule has 1 N–H and O–H groups in total. The predicted octanol–water partition coefficient (Wildman–Crippen LogP) is 6.97. The van der Waals surface area contributed by atoms with Crippen molar-refractivity contribution in [2.75, 3.05) is 6.54 Å². The summed E-state index contributed by atoms with van der Waals surface area (Å²) in [7, 11) is 0. The van der Waals surface area contributed by atoms with Gasteiger partial charge in [0.25, 0.3) is 23.3 Å². The van der Waals surface area contributed by atoms with Crippen LogP contribution in [-0.4, -0.2) is 39.5 Å². The Morgan fingerprint density at radius 1 is 0.814 bits per heavy atom. The highest BCUT2D eigenvalue weighted by molar-refractivity contribution is 6.24. The van der Waals surface area contributed by atoms with E-state index in [1.54, 1.807) is 48.5 Å². The van der Waals surface area contributed by atoms with E-state index in [0.29, 0.717) is 47.4 Å². The summed E-state index contributed by atoms with van der Waals surface area (Å²) >= 11 is 0. The second-order valence-corrected chi connectivity index (χ2v) is 10.6. The zero-order valence-corrected chi connectivity index (χ0v) is 23.9. The van der Waals surface area contributed by atoms with Gasteiger partial charge in [0.15, 0.2) is 11.2 Å². The highest BCUT2D eigenvalue weighted by Crippen LogP contribution is 2.38. The van der Waals surface area contributed by atoms with Crippen LogP contribution in [0.4, 0.5) is 0 Å². The number of Topliss-reactive ketones (excluding diaryl/α,β-unsaturated/α-hetero) is 2. The molecule has 1 atom stereocenters. The number of oxazole rings is 2. The van der Waals surface area contributed by atoms with Crippen molar-refractivity contribution in [3.05, 3.63) is 96.2 Å². The van der Waals surface area contributed by atoms with Crippen LogP contribution >= 0.6 is 0 Å². The Morgan fingerprint density at radius 3 is 2.02 bits per heavy atom. The molecule has 10 heteroatoms. The number of amidine groups is 1. The Morgan fingerprint density at radius 2 is 1.42 bits per heavy atom. The Hall–Kier alpha value is -4.99. The fraction of sp³-hybridized carbons (Fsp3) is 0.303. The van der Waals surface area contributed by atoms with E-state index in [4.69, 9.17) is 13.8 Å².